The molecule has 1 aliphatic carbocycles. The molecule has 102 valence electrons. The summed E-state index contributed by atoms with van der Waals surface area (Å²) in [5.74, 6) is 1.08. The van der Waals surface area contributed by atoms with E-state index in [4.69, 9.17) is 5.73 Å². The molecule has 0 unspecified atom stereocenters. The first-order valence-corrected chi connectivity index (χ1v) is 7.84. The third kappa shape index (κ3) is 2.32. The molecule has 0 radical (unpaired) electrons. The minimum atomic E-state index is 0.601. The van der Waals surface area contributed by atoms with Gasteiger partial charge in [-0.05, 0) is 30.7 Å². The second-order valence-electron chi connectivity index (χ2n) is 5.21. The summed E-state index contributed by atoms with van der Waals surface area (Å²) in [4.78, 5) is 11.4. The van der Waals surface area contributed by atoms with Crippen LogP contribution in [0.5, 0.6) is 0 Å². The lowest BCUT2D eigenvalue weighted by Gasteiger charge is -2.29. The SMILES string of the molecule is Cc1csc2c(N(CCN)C3CCCC3)ncnc12. The molecule has 1 saturated carbocycles. The van der Waals surface area contributed by atoms with Crippen LogP contribution in [0.1, 0.15) is 31.2 Å². The van der Waals surface area contributed by atoms with Crippen LogP contribution < -0.4 is 10.6 Å². The fourth-order valence-corrected chi connectivity index (χ4v) is 3.98. The van der Waals surface area contributed by atoms with Crippen molar-refractivity contribution in [1.82, 2.24) is 9.97 Å². The van der Waals surface area contributed by atoms with Crippen molar-refractivity contribution < 1.29 is 0 Å². The molecule has 0 spiro atoms. The molecule has 5 heteroatoms. The van der Waals surface area contributed by atoms with Gasteiger partial charge in [0.05, 0.1) is 10.2 Å². The summed E-state index contributed by atoms with van der Waals surface area (Å²) in [5.41, 5.74) is 8.13. The average molecular weight is 276 g/mol. The van der Waals surface area contributed by atoms with E-state index in [1.54, 1.807) is 17.7 Å². The summed E-state index contributed by atoms with van der Waals surface area (Å²) >= 11 is 1.75. The molecule has 0 aliphatic heterocycles. The molecule has 0 amide bonds. The van der Waals surface area contributed by atoms with Crippen molar-refractivity contribution in [2.24, 2.45) is 5.73 Å². The van der Waals surface area contributed by atoms with Crippen molar-refractivity contribution in [2.45, 2.75) is 38.6 Å². The van der Waals surface area contributed by atoms with Gasteiger partial charge < -0.3 is 10.6 Å². The Bertz CT molecular complexity index is 560. The van der Waals surface area contributed by atoms with Gasteiger partial charge in [-0.3, -0.25) is 0 Å². The molecular weight excluding hydrogens is 256 g/mol. The lowest BCUT2D eigenvalue weighted by Crippen LogP contribution is -2.38. The van der Waals surface area contributed by atoms with Gasteiger partial charge in [-0.1, -0.05) is 12.8 Å². The lowest BCUT2D eigenvalue weighted by molar-refractivity contribution is 0.604. The van der Waals surface area contributed by atoms with E-state index in [0.717, 1.165) is 17.9 Å². The minimum Gasteiger partial charge on any atom is -0.351 e. The van der Waals surface area contributed by atoms with E-state index in [1.807, 2.05) is 0 Å². The van der Waals surface area contributed by atoms with E-state index in [-0.39, 0.29) is 0 Å². The van der Waals surface area contributed by atoms with Gasteiger partial charge in [-0.15, -0.1) is 11.3 Å². The summed E-state index contributed by atoms with van der Waals surface area (Å²) in [6.45, 7) is 3.67. The Labute approximate surface area is 117 Å². The highest BCUT2D eigenvalue weighted by Gasteiger charge is 2.25. The molecule has 2 aromatic rings. The molecule has 4 nitrogen and oxygen atoms in total. The Kier molecular flexibility index (Phi) is 3.66. The van der Waals surface area contributed by atoms with E-state index >= 15 is 0 Å². The first kappa shape index (κ1) is 12.8. The van der Waals surface area contributed by atoms with E-state index in [9.17, 15) is 0 Å². The lowest BCUT2D eigenvalue weighted by atomic mass is 10.2. The quantitative estimate of drug-likeness (QED) is 0.933. The summed E-state index contributed by atoms with van der Waals surface area (Å²) < 4.78 is 1.21. The molecule has 0 saturated heterocycles. The second-order valence-corrected chi connectivity index (χ2v) is 6.09. The van der Waals surface area contributed by atoms with Gasteiger partial charge >= 0.3 is 0 Å². The zero-order valence-electron chi connectivity index (χ0n) is 11.3. The first-order valence-electron chi connectivity index (χ1n) is 6.96. The summed E-state index contributed by atoms with van der Waals surface area (Å²) in [6, 6.07) is 0.601. The molecule has 3 rings (SSSR count). The van der Waals surface area contributed by atoms with Crippen LogP contribution in [0.3, 0.4) is 0 Å². The maximum absolute atomic E-state index is 5.80. The Morgan fingerprint density at radius 3 is 2.89 bits per heavy atom. The first-order chi connectivity index (χ1) is 9.31. The standard InChI is InChI=1S/C14H20N4S/c1-10-8-19-13-12(10)16-9-17-14(13)18(7-6-15)11-4-2-3-5-11/h8-9,11H,2-7,15H2,1H3. The Morgan fingerprint density at radius 2 is 2.16 bits per heavy atom. The van der Waals surface area contributed by atoms with Crippen LogP contribution in [0.2, 0.25) is 0 Å². The Morgan fingerprint density at radius 1 is 1.37 bits per heavy atom. The highest BCUT2D eigenvalue weighted by atomic mass is 32.1. The minimum absolute atomic E-state index is 0.601. The predicted octanol–water partition coefficient (Wildman–Crippen LogP) is 2.71. The highest BCUT2D eigenvalue weighted by molar-refractivity contribution is 7.18. The summed E-state index contributed by atoms with van der Waals surface area (Å²) in [7, 11) is 0. The van der Waals surface area contributed by atoms with Crippen LogP contribution in [0, 0.1) is 6.92 Å². The molecule has 0 atom stereocenters. The molecule has 0 aromatic carbocycles. The smallest absolute Gasteiger partial charge is 0.150 e. The largest absolute Gasteiger partial charge is 0.351 e. The van der Waals surface area contributed by atoms with E-state index in [1.165, 1.54) is 35.9 Å². The number of fused-ring (bicyclic) bond motifs is 1. The number of thiophene rings is 1. The number of nitrogens with zero attached hydrogens (tertiary/aromatic N) is 3. The van der Waals surface area contributed by atoms with Gasteiger partial charge in [0.25, 0.3) is 0 Å². The fourth-order valence-electron chi connectivity index (χ4n) is 2.98. The average Bonchev–Trinajstić information content (AvgIpc) is 3.06. The number of hydrogen-bond donors (Lipinski definition) is 1. The van der Waals surface area contributed by atoms with Crippen molar-refractivity contribution in [1.29, 1.82) is 0 Å². The maximum atomic E-state index is 5.80. The number of rotatable bonds is 4. The fraction of sp³-hybridized carbons (Fsp3) is 0.571. The molecule has 1 aliphatic rings. The Hall–Kier alpha value is -1.20. The topological polar surface area (TPSA) is 55.0 Å². The zero-order valence-corrected chi connectivity index (χ0v) is 12.1. The third-order valence-electron chi connectivity index (χ3n) is 3.92. The predicted molar refractivity (Wildman–Crippen MR) is 80.8 cm³/mol. The van der Waals surface area contributed by atoms with Gasteiger partial charge in [-0.2, -0.15) is 0 Å². The van der Waals surface area contributed by atoms with Crippen LogP contribution in [-0.2, 0) is 0 Å². The zero-order chi connectivity index (χ0) is 13.2. The molecule has 19 heavy (non-hydrogen) atoms. The van der Waals surface area contributed by atoms with Gasteiger partial charge in [0.2, 0.25) is 0 Å². The van der Waals surface area contributed by atoms with Crippen LogP contribution in [0.4, 0.5) is 5.82 Å². The van der Waals surface area contributed by atoms with Gasteiger partial charge in [-0.25, -0.2) is 9.97 Å². The molecule has 2 N–H and O–H groups in total. The van der Waals surface area contributed by atoms with E-state index in [2.05, 4.69) is 27.2 Å². The van der Waals surface area contributed by atoms with E-state index < -0.39 is 0 Å². The number of aryl methyl sites for hydroxylation is 1. The van der Waals surface area contributed by atoms with Crippen LogP contribution in [-0.4, -0.2) is 29.1 Å². The molecule has 0 bridgehead atoms. The van der Waals surface area contributed by atoms with E-state index in [0.29, 0.717) is 12.6 Å². The summed E-state index contributed by atoms with van der Waals surface area (Å²) in [5, 5.41) is 2.16. The Balaban J connectivity index is 2.03. The van der Waals surface area contributed by atoms with Gasteiger partial charge in [0.1, 0.15) is 12.1 Å². The van der Waals surface area contributed by atoms with Crippen molar-refractivity contribution >= 4 is 27.4 Å². The number of hydrogen-bond acceptors (Lipinski definition) is 5. The number of anilines is 1. The van der Waals surface area contributed by atoms with Crippen molar-refractivity contribution in [3.8, 4) is 0 Å². The molecule has 2 aromatic heterocycles. The van der Waals surface area contributed by atoms with Crippen molar-refractivity contribution in [3.63, 3.8) is 0 Å². The second kappa shape index (κ2) is 5.43. The highest BCUT2D eigenvalue weighted by Crippen LogP contribution is 2.34. The molecule has 1 fully saturated rings. The van der Waals surface area contributed by atoms with Gasteiger partial charge in [0, 0.05) is 19.1 Å². The summed E-state index contributed by atoms with van der Waals surface area (Å²) in [6.07, 6.45) is 6.86. The third-order valence-corrected chi connectivity index (χ3v) is 5.00. The van der Waals surface area contributed by atoms with Crippen LogP contribution in [0.25, 0.3) is 10.2 Å². The number of nitrogens with two attached hydrogens (primary N) is 1. The molecular formula is C14H20N4S. The van der Waals surface area contributed by atoms with Gasteiger partial charge in [0.15, 0.2) is 0 Å². The van der Waals surface area contributed by atoms with Crippen LogP contribution >= 0.6 is 11.3 Å². The maximum Gasteiger partial charge on any atom is 0.150 e. The van der Waals surface area contributed by atoms with Crippen molar-refractivity contribution in [2.75, 3.05) is 18.0 Å². The number of aromatic nitrogens is 2. The van der Waals surface area contributed by atoms with Crippen LogP contribution in [0.15, 0.2) is 11.7 Å². The monoisotopic (exact) mass is 276 g/mol. The normalized spacial score (nSPS) is 16.3. The van der Waals surface area contributed by atoms with Crippen molar-refractivity contribution in [3.05, 3.63) is 17.3 Å². The molecule has 2 heterocycles.